The zero-order chi connectivity index (χ0) is 18.4. The van der Waals surface area contributed by atoms with Crippen molar-refractivity contribution in [2.24, 2.45) is 0 Å². The average molecular weight is 366 g/mol. The summed E-state index contributed by atoms with van der Waals surface area (Å²) in [4.78, 5) is 19.7. The van der Waals surface area contributed by atoms with Gasteiger partial charge in [-0.2, -0.15) is 0 Å². The number of aromatic nitrogens is 2. The standard InChI is InChI=1S/C21H22N2O2S/c1-12(2)25-17-7-5-15(6-8-17)11-16-9-10-23-19(16)22-20-18(21(23)24)13(3)14(4)26-20/h5-8,11-12H,9-10H2,1-4H3/b16-11+. The first-order valence-corrected chi connectivity index (χ1v) is 9.74. The Morgan fingerprint density at radius 1 is 1.23 bits per heavy atom. The smallest absolute Gasteiger partial charge is 0.262 e. The maximum absolute atomic E-state index is 12.9. The molecule has 0 saturated carbocycles. The van der Waals surface area contributed by atoms with Crippen molar-refractivity contribution in [1.29, 1.82) is 0 Å². The highest BCUT2D eigenvalue weighted by Gasteiger charge is 2.23. The van der Waals surface area contributed by atoms with Crippen molar-refractivity contribution in [2.45, 2.75) is 46.8 Å². The van der Waals surface area contributed by atoms with Crippen molar-refractivity contribution >= 4 is 33.2 Å². The van der Waals surface area contributed by atoms with E-state index in [1.165, 1.54) is 4.88 Å². The largest absolute Gasteiger partial charge is 0.491 e. The number of ether oxygens (including phenoxy) is 1. The van der Waals surface area contributed by atoms with Gasteiger partial charge < -0.3 is 4.74 Å². The van der Waals surface area contributed by atoms with E-state index in [1.807, 2.05) is 49.6 Å². The average Bonchev–Trinajstić information content (AvgIpc) is 3.11. The summed E-state index contributed by atoms with van der Waals surface area (Å²) in [5.41, 5.74) is 3.37. The lowest BCUT2D eigenvalue weighted by atomic mass is 10.1. The lowest BCUT2D eigenvalue weighted by Gasteiger charge is -2.09. The Bertz CT molecular complexity index is 1070. The molecule has 0 atom stereocenters. The van der Waals surface area contributed by atoms with Crippen LogP contribution in [0.2, 0.25) is 0 Å². The van der Waals surface area contributed by atoms with Crippen molar-refractivity contribution < 1.29 is 4.74 Å². The van der Waals surface area contributed by atoms with Gasteiger partial charge in [-0.25, -0.2) is 4.98 Å². The highest BCUT2D eigenvalue weighted by atomic mass is 32.1. The van der Waals surface area contributed by atoms with Crippen LogP contribution in [0.1, 0.15) is 42.1 Å². The predicted octanol–water partition coefficient (Wildman–Crippen LogP) is 4.81. The van der Waals surface area contributed by atoms with Crippen molar-refractivity contribution in [2.75, 3.05) is 0 Å². The minimum Gasteiger partial charge on any atom is -0.491 e. The molecule has 0 saturated heterocycles. The van der Waals surface area contributed by atoms with E-state index in [2.05, 4.69) is 13.0 Å². The zero-order valence-corrected chi connectivity index (χ0v) is 16.3. The van der Waals surface area contributed by atoms with Gasteiger partial charge in [-0.15, -0.1) is 11.3 Å². The third-order valence-electron chi connectivity index (χ3n) is 4.77. The second-order valence-electron chi connectivity index (χ2n) is 7.01. The minimum atomic E-state index is 0.0935. The number of allylic oxidation sites excluding steroid dienone is 1. The second-order valence-corrected chi connectivity index (χ2v) is 8.21. The molecule has 0 bridgehead atoms. The van der Waals surface area contributed by atoms with Crippen molar-refractivity contribution in [1.82, 2.24) is 9.55 Å². The number of aryl methyl sites for hydroxylation is 2. The van der Waals surface area contributed by atoms with Gasteiger partial charge in [0.1, 0.15) is 16.4 Å². The molecule has 3 aromatic rings. The van der Waals surface area contributed by atoms with Crippen molar-refractivity contribution in [3.05, 3.63) is 56.4 Å². The molecule has 0 unspecified atom stereocenters. The fourth-order valence-electron chi connectivity index (χ4n) is 3.38. The molecule has 0 amide bonds. The van der Waals surface area contributed by atoms with E-state index in [-0.39, 0.29) is 11.7 Å². The summed E-state index contributed by atoms with van der Waals surface area (Å²) >= 11 is 1.61. The number of fused-ring (bicyclic) bond motifs is 2. The van der Waals surface area contributed by atoms with E-state index in [0.29, 0.717) is 6.54 Å². The van der Waals surface area contributed by atoms with Gasteiger partial charge in [0.15, 0.2) is 0 Å². The van der Waals surface area contributed by atoms with Crippen LogP contribution in [-0.4, -0.2) is 15.7 Å². The zero-order valence-electron chi connectivity index (χ0n) is 15.5. The SMILES string of the molecule is Cc1sc2nc3n(c(=O)c2c1C)CC/C3=C\c1ccc(OC(C)C)cc1. The topological polar surface area (TPSA) is 44.1 Å². The maximum atomic E-state index is 12.9. The monoisotopic (exact) mass is 366 g/mol. The quantitative estimate of drug-likeness (QED) is 0.668. The maximum Gasteiger partial charge on any atom is 0.262 e. The molecule has 2 aromatic heterocycles. The van der Waals surface area contributed by atoms with Crippen LogP contribution in [0.3, 0.4) is 0 Å². The van der Waals surface area contributed by atoms with Gasteiger partial charge in [0.2, 0.25) is 0 Å². The predicted molar refractivity (Wildman–Crippen MR) is 108 cm³/mol. The first-order chi connectivity index (χ1) is 12.4. The van der Waals surface area contributed by atoms with Gasteiger partial charge >= 0.3 is 0 Å². The first-order valence-electron chi connectivity index (χ1n) is 8.92. The number of hydrogen-bond acceptors (Lipinski definition) is 4. The number of rotatable bonds is 3. The van der Waals surface area contributed by atoms with E-state index >= 15 is 0 Å². The molecule has 1 aromatic carbocycles. The molecule has 0 radical (unpaired) electrons. The van der Waals surface area contributed by atoms with Gasteiger partial charge in [0.05, 0.1) is 11.5 Å². The Kier molecular flexibility index (Phi) is 4.19. The Morgan fingerprint density at radius 2 is 1.96 bits per heavy atom. The normalized spacial score (nSPS) is 15.2. The minimum absolute atomic E-state index is 0.0935. The molecule has 4 nitrogen and oxygen atoms in total. The van der Waals surface area contributed by atoms with Crippen LogP contribution in [0.25, 0.3) is 21.9 Å². The van der Waals surface area contributed by atoms with Crippen molar-refractivity contribution in [3.63, 3.8) is 0 Å². The Balaban J connectivity index is 1.74. The summed E-state index contributed by atoms with van der Waals surface area (Å²) in [5, 5.41) is 0.785. The third-order valence-corrected chi connectivity index (χ3v) is 5.87. The molecule has 4 rings (SSSR count). The summed E-state index contributed by atoms with van der Waals surface area (Å²) in [6, 6.07) is 8.06. The fraction of sp³-hybridized carbons (Fsp3) is 0.333. The Labute approximate surface area is 156 Å². The third kappa shape index (κ3) is 2.86. The Morgan fingerprint density at radius 3 is 2.65 bits per heavy atom. The van der Waals surface area contributed by atoms with Gasteiger partial charge in [-0.1, -0.05) is 12.1 Å². The van der Waals surface area contributed by atoms with E-state index in [4.69, 9.17) is 9.72 Å². The second kappa shape index (κ2) is 6.40. The van der Waals surface area contributed by atoms with Gasteiger partial charge in [0, 0.05) is 11.4 Å². The van der Waals surface area contributed by atoms with Crippen LogP contribution in [0.5, 0.6) is 5.75 Å². The molecular weight excluding hydrogens is 344 g/mol. The summed E-state index contributed by atoms with van der Waals surface area (Å²) in [6.45, 7) is 8.80. The summed E-state index contributed by atoms with van der Waals surface area (Å²) in [5.74, 6) is 1.68. The molecular formula is C21H22N2O2S. The summed E-state index contributed by atoms with van der Waals surface area (Å²) < 4.78 is 7.52. The molecule has 0 spiro atoms. The van der Waals surface area contributed by atoms with Crippen LogP contribution in [0.4, 0.5) is 0 Å². The molecule has 0 aliphatic carbocycles. The van der Waals surface area contributed by atoms with E-state index < -0.39 is 0 Å². The molecule has 3 heterocycles. The summed E-state index contributed by atoms with van der Waals surface area (Å²) in [6.07, 6.45) is 3.13. The van der Waals surface area contributed by atoms with Crippen LogP contribution in [0, 0.1) is 13.8 Å². The van der Waals surface area contributed by atoms with E-state index in [9.17, 15) is 4.79 Å². The molecule has 0 N–H and O–H groups in total. The molecule has 5 heteroatoms. The lowest BCUT2D eigenvalue weighted by Crippen LogP contribution is -2.20. The molecule has 1 aliphatic heterocycles. The molecule has 1 aliphatic rings. The molecule has 134 valence electrons. The van der Waals surface area contributed by atoms with E-state index in [0.717, 1.165) is 44.9 Å². The lowest BCUT2D eigenvalue weighted by molar-refractivity contribution is 0.242. The summed E-state index contributed by atoms with van der Waals surface area (Å²) in [7, 11) is 0. The molecule has 0 fully saturated rings. The molecule has 26 heavy (non-hydrogen) atoms. The van der Waals surface area contributed by atoms with Crippen molar-refractivity contribution in [3.8, 4) is 5.75 Å². The number of nitrogens with zero attached hydrogens (tertiary/aromatic N) is 2. The van der Waals surface area contributed by atoms with Crippen LogP contribution in [-0.2, 0) is 6.54 Å². The first kappa shape index (κ1) is 17.0. The number of hydrogen-bond donors (Lipinski definition) is 0. The fourth-order valence-corrected chi connectivity index (χ4v) is 4.40. The van der Waals surface area contributed by atoms with E-state index in [1.54, 1.807) is 11.3 Å². The van der Waals surface area contributed by atoms with Crippen LogP contribution in [0.15, 0.2) is 29.1 Å². The number of benzene rings is 1. The highest BCUT2D eigenvalue weighted by molar-refractivity contribution is 7.18. The van der Waals surface area contributed by atoms with Crippen LogP contribution < -0.4 is 10.3 Å². The highest BCUT2D eigenvalue weighted by Crippen LogP contribution is 2.32. The van der Waals surface area contributed by atoms with Gasteiger partial charge in [0.25, 0.3) is 5.56 Å². The van der Waals surface area contributed by atoms with Gasteiger partial charge in [-0.05, 0) is 69.0 Å². The van der Waals surface area contributed by atoms with Gasteiger partial charge in [-0.3, -0.25) is 9.36 Å². The number of thiophene rings is 1. The Hall–Kier alpha value is -2.40. The van der Waals surface area contributed by atoms with Crippen LogP contribution >= 0.6 is 11.3 Å².